The van der Waals surface area contributed by atoms with E-state index in [9.17, 15) is 9.70 Å². The fourth-order valence-electron chi connectivity index (χ4n) is 4.02. The van der Waals surface area contributed by atoms with Crippen LogP contribution in [0.5, 0.6) is 0 Å². The van der Waals surface area contributed by atoms with Crippen LogP contribution in [0.2, 0.25) is 0 Å². The highest BCUT2D eigenvalue weighted by atomic mass is 16.3. The van der Waals surface area contributed by atoms with Crippen molar-refractivity contribution >= 4 is 22.6 Å². The summed E-state index contributed by atoms with van der Waals surface area (Å²) in [6.07, 6.45) is 3.94. The number of nitrogens with one attached hydrogen (secondary N) is 1. The molecular formula is C22H26N6O2. The predicted octanol–water partition coefficient (Wildman–Crippen LogP) is 3.03. The highest BCUT2D eigenvalue weighted by molar-refractivity contribution is 5.94. The minimum atomic E-state index is -0.508. The molecule has 0 unspecified atom stereocenters. The van der Waals surface area contributed by atoms with E-state index in [2.05, 4.69) is 56.8 Å². The largest absolute Gasteiger partial charge is 0.368 e. The second-order valence-corrected chi connectivity index (χ2v) is 7.86. The maximum absolute atomic E-state index is 11.7. The van der Waals surface area contributed by atoms with E-state index in [4.69, 9.17) is 0 Å². The number of amides is 1. The van der Waals surface area contributed by atoms with Gasteiger partial charge in [0.2, 0.25) is 0 Å². The molecule has 4 rings (SSSR count). The summed E-state index contributed by atoms with van der Waals surface area (Å²) in [5.74, 6) is -0.508. The molecule has 1 aromatic carbocycles. The second kappa shape index (κ2) is 8.62. The minimum Gasteiger partial charge on any atom is -0.368 e. The first-order valence-corrected chi connectivity index (χ1v) is 10.2. The number of benzene rings is 1. The van der Waals surface area contributed by atoms with Crippen LogP contribution in [0.3, 0.4) is 0 Å². The molecule has 1 aliphatic rings. The highest BCUT2D eigenvalue weighted by Crippen LogP contribution is 2.28. The van der Waals surface area contributed by atoms with E-state index in [-0.39, 0.29) is 0 Å². The SMILES string of the molecule is CC(C)N1CCN(c2ccnc3c2ccn3Cc2ccc(C(=O)NN=O)cc2)CC1. The van der Waals surface area contributed by atoms with Crippen molar-refractivity contribution in [3.8, 4) is 0 Å². The molecule has 1 N–H and O–H groups in total. The molecule has 8 nitrogen and oxygen atoms in total. The van der Waals surface area contributed by atoms with Gasteiger partial charge in [-0.25, -0.2) is 10.4 Å². The Bertz CT molecular complexity index is 1040. The number of carbonyl (C=O) groups excluding carboxylic acids is 1. The van der Waals surface area contributed by atoms with Crippen molar-refractivity contribution in [1.29, 1.82) is 0 Å². The van der Waals surface area contributed by atoms with Crippen molar-refractivity contribution in [2.45, 2.75) is 26.4 Å². The lowest BCUT2D eigenvalue weighted by atomic mass is 10.1. The predicted molar refractivity (Wildman–Crippen MR) is 117 cm³/mol. The van der Waals surface area contributed by atoms with Crippen LogP contribution < -0.4 is 10.3 Å². The summed E-state index contributed by atoms with van der Waals surface area (Å²) in [7, 11) is 0. The summed E-state index contributed by atoms with van der Waals surface area (Å²) in [5.41, 5.74) is 5.53. The molecule has 1 fully saturated rings. The summed E-state index contributed by atoms with van der Waals surface area (Å²) >= 11 is 0. The number of rotatable bonds is 6. The molecule has 0 aliphatic carbocycles. The van der Waals surface area contributed by atoms with Crippen LogP contribution >= 0.6 is 0 Å². The first kappa shape index (κ1) is 20.0. The topological polar surface area (TPSA) is 82.8 Å². The van der Waals surface area contributed by atoms with Crippen molar-refractivity contribution in [3.63, 3.8) is 0 Å². The third kappa shape index (κ3) is 4.04. The average molecular weight is 406 g/mol. The van der Waals surface area contributed by atoms with Crippen LogP contribution in [0.1, 0.15) is 29.8 Å². The molecule has 3 heterocycles. The maximum atomic E-state index is 11.7. The van der Waals surface area contributed by atoms with E-state index >= 15 is 0 Å². The van der Waals surface area contributed by atoms with Gasteiger partial charge in [-0.1, -0.05) is 12.1 Å². The van der Waals surface area contributed by atoms with E-state index in [0.717, 1.165) is 42.8 Å². The fourth-order valence-corrected chi connectivity index (χ4v) is 4.02. The number of carbonyl (C=O) groups is 1. The third-order valence-corrected chi connectivity index (χ3v) is 5.74. The molecule has 2 aromatic heterocycles. The number of fused-ring (bicyclic) bond motifs is 1. The van der Waals surface area contributed by atoms with E-state index in [1.807, 2.05) is 23.8 Å². The standard InChI is InChI=1S/C22H26N6O2/c1-16(2)26-11-13-27(14-12-26)20-7-9-23-21-19(20)8-10-28(21)15-17-3-5-18(6-4-17)22(29)24-25-30/h3-10,16H,11-15H2,1-2H3,(H,24,29,30). The summed E-state index contributed by atoms with van der Waals surface area (Å²) in [6, 6.07) is 11.9. The van der Waals surface area contributed by atoms with E-state index in [1.165, 1.54) is 5.69 Å². The molecule has 1 saturated heterocycles. The summed E-state index contributed by atoms with van der Waals surface area (Å²) in [6.45, 7) is 9.32. The van der Waals surface area contributed by atoms with Gasteiger partial charge in [0.15, 0.2) is 0 Å². The lowest BCUT2D eigenvalue weighted by Crippen LogP contribution is -2.48. The molecule has 0 atom stereocenters. The molecule has 30 heavy (non-hydrogen) atoms. The van der Waals surface area contributed by atoms with Gasteiger partial charge in [-0.3, -0.25) is 9.69 Å². The van der Waals surface area contributed by atoms with Gasteiger partial charge in [0.05, 0.1) is 5.29 Å². The normalized spacial score (nSPS) is 15.0. The first-order chi connectivity index (χ1) is 14.6. The van der Waals surface area contributed by atoms with E-state index in [1.54, 1.807) is 12.1 Å². The summed E-state index contributed by atoms with van der Waals surface area (Å²) in [4.78, 5) is 31.4. The smallest absolute Gasteiger partial charge is 0.273 e. The average Bonchev–Trinajstić information content (AvgIpc) is 3.17. The number of hydrogen-bond acceptors (Lipinski definition) is 6. The second-order valence-electron chi connectivity index (χ2n) is 7.86. The van der Waals surface area contributed by atoms with Gasteiger partial charge in [0.1, 0.15) is 5.65 Å². The lowest BCUT2D eigenvalue weighted by Gasteiger charge is -2.38. The quantitative estimate of drug-likeness (QED) is 0.503. The Kier molecular flexibility index (Phi) is 5.76. The van der Waals surface area contributed by atoms with Gasteiger partial charge in [0.25, 0.3) is 5.91 Å². The van der Waals surface area contributed by atoms with Crippen LogP contribution in [0.4, 0.5) is 5.69 Å². The number of piperazine rings is 1. The molecule has 0 saturated carbocycles. The van der Waals surface area contributed by atoms with Crippen LogP contribution in [0.25, 0.3) is 11.0 Å². The van der Waals surface area contributed by atoms with Crippen LogP contribution in [-0.4, -0.2) is 52.6 Å². The van der Waals surface area contributed by atoms with Crippen molar-refractivity contribution in [3.05, 3.63) is 64.8 Å². The summed E-state index contributed by atoms with van der Waals surface area (Å²) < 4.78 is 2.12. The number of nitroso groups, excluding NO2 is 1. The van der Waals surface area contributed by atoms with E-state index < -0.39 is 5.91 Å². The molecule has 156 valence electrons. The monoisotopic (exact) mass is 406 g/mol. The Balaban J connectivity index is 1.52. The molecule has 1 aliphatic heterocycles. The molecule has 3 aromatic rings. The maximum Gasteiger partial charge on any atom is 0.273 e. The number of pyridine rings is 1. The van der Waals surface area contributed by atoms with Crippen LogP contribution in [0.15, 0.2) is 54.1 Å². The molecule has 0 bridgehead atoms. The van der Waals surface area contributed by atoms with Gasteiger partial charge in [0, 0.05) is 67.8 Å². The highest BCUT2D eigenvalue weighted by Gasteiger charge is 2.21. The molecule has 0 spiro atoms. The Hall–Kier alpha value is -3.26. The Morgan fingerprint density at radius 2 is 1.83 bits per heavy atom. The number of aromatic nitrogens is 2. The van der Waals surface area contributed by atoms with Crippen LogP contribution in [0, 0.1) is 4.91 Å². The van der Waals surface area contributed by atoms with Crippen LogP contribution in [-0.2, 0) is 6.54 Å². The number of nitrogens with zero attached hydrogens (tertiary/aromatic N) is 5. The zero-order chi connectivity index (χ0) is 21.1. The van der Waals surface area contributed by atoms with Gasteiger partial charge in [-0.15, -0.1) is 4.91 Å². The molecule has 8 heteroatoms. The van der Waals surface area contributed by atoms with Crippen molar-refractivity contribution in [2.75, 3.05) is 31.1 Å². The minimum absolute atomic E-state index is 0.400. The van der Waals surface area contributed by atoms with E-state index in [0.29, 0.717) is 18.2 Å². The van der Waals surface area contributed by atoms with Crippen molar-refractivity contribution in [1.82, 2.24) is 19.9 Å². The first-order valence-electron chi connectivity index (χ1n) is 10.2. The summed E-state index contributed by atoms with van der Waals surface area (Å²) in [5, 5.41) is 3.58. The van der Waals surface area contributed by atoms with Gasteiger partial charge in [-0.2, -0.15) is 0 Å². The molecule has 1 amide bonds. The fraction of sp³-hybridized carbons (Fsp3) is 0.364. The molecular weight excluding hydrogens is 380 g/mol. The van der Waals surface area contributed by atoms with Gasteiger partial charge >= 0.3 is 0 Å². The van der Waals surface area contributed by atoms with Gasteiger partial charge < -0.3 is 9.47 Å². The number of hydrogen-bond donors (Lipinski definition) is 1. The number of anilines is 1. The zero-order valence-corrected chi connectivity index (χ0v) is 17.3. The zero-order valence-electron chi connectivity index (χ0n) is 17.3. The van der Waals surface area contributed by atoms with Crippen molar-refractivity contribution < 1.29 is 4.79 Å². The van der Waals surface area contributed by atoms with Gasteiger partial charge in [-0.05, 0) is 43.7 Å². The molecule has 0 radical (unpaired) electrons. The lowest BCUT2D eigenvalue weighted by molar-refractivity contribution is 0.0954. The third-order valence-electron chi connectivity index (χ3n) is 5.74. The Morgan fingerprint density at radius 1 is 1.10 bits per heavy atom. The Morgan fingerprint density at radius 3 is 2.50 bits per heavy atom. The Labute approximate surface area is 175 Å². The van der Waals surface area contributed by atoms with Crippen molar-refractivity contribution in [2.24, 2.45) is 5.29 Å².